The molecule has 0 radical (unpaired) electrons. The summed E-state index contributed by atoms with van der Waals surface area (Å²) in [5, 5.41) is 23.6. The van der Waals surface area contributed by atoms with Crippen LogP contribution in [0.4, 0.5) is 22.7 Å². The molecule has 0 aliphatic heterocycles. The Morgan fingerprint density at radius 3 is 1.51 bits per heavy atom. The normalized spacial score (nSPS) is 13.7. The monoisotopic (exact) mass is 588 g/mol. The first-order chi connectivity index (χ1) is 21.9. The van der Waals surface area contributed by atoms with Gasteiger partial charge in [-0.15, -0.1) is 0 Å². The molecular formula is C41H36N2O2. The number of allylic oxidation sites excluding steroid dienone is 10. The molecular weight excluding hydrogens is 552 g/mol. The van der Waals surface area contributed by atoms with Gasteiger partial charge in [0.05, 0.1) is 0 Å². The maximum absolute atomic E-state index is 11.8. The summed E-state index contributed by atoms with van der Waals surface area (Å²) in [7, 11) is 0. The molecule has 5 rings (SSSR count). The van der Waals surface area contributed by atoms with E-state index >= 15 is 0 Å². The van der Waals surface area contributed by atoms with Crippen molar-refractivity contribution in [2.75, 3.05) is 9.80 Å². The van der Waals surface area contributed by atoms with Crippen LogP contribution in [0.15, 0.2) is 196 Å². The Kier molecular flexibility index (Phi) is 9.40. The van der Waals surface area contributed by atoms with Crippen LogP contribution in [0.5, 0.6) is 0 Å². The summed E-state index contributed by atoms with van der Waals surface area (Å²) in [4.78, 5) is 4.07. The van der Waals surface area contributed by atoms with E-state index in [2.05, 4.69) is 26.3 Å². The minimum Gasteiger partial charge on any atom is -0.358 e. The van der Waals surface area contributed by atoms with Crippen LogP contribution in [-0.4, -0.2) is 10.2 Å². The molecule has 0 saturated carbocycles. The van der Waals surface area contributed by atoms with Gasteiger partial charge >= 0.3 is 0 Å². The standard InChI is InChI=1S/C41H36N2O2/c1-5-9-13-20-31(8-4)42(33-21-14-11-15-22-33)35-25-27-37-38-28-26-36(30-40(38)41(44,45)39(37)29-35)43(34-23-16-12-17-24-34)32(18-7-3)19-10-6-2/h5-30,44-45H,1-4H2/b13-9-,19-10-,31-20+,32-18+. The summed E-state index contributed by atoms with van der Waals surface area (Å²) in [5.74, 6) is -2.23. The van der Waals surface area contributed by atoms with E-state index in [-0.39, 0.29) is 0 Å². The van der Waals surface area contributed by atoms with Gasteiger partial charge in [-0.2, -0.15) is 0 Å². The smallest absolute Gasteiger partial charge is 0.218 e. The number of hydrogen-bond acceptors (Lipinski definition) is 4. The van der Waals surface area contributed by atoms with Gasteiger partial charge in [0.2, 0.25) is 5.79 Å². The summed E-state index contributed by atoms with van der Waals surface area (Å²) < 4.78 is 0. The van der Waals surface area contributed by atoms with Crippen molar-refractivity contribution in [2.24, 2.45) is 0 Å². The molecule has 0 atom stereocenters. The molecule has 1 aliphatic carbocycles. The van der Waals surface area contributed by atoms with Crippen molar-refractivity contribution >= 4 is 22.7 Å². The first-order valence-electron chi connectivity index (χ1n) is 14.6. The number of para-hydroxylation sites is 2. The molecule has 4 nitrogen and oxygen atoms in total. The minimum absolute atomic E-state index is 0.401. The predicted molar refractivity (Wildman–Crippen MR) is 189 cm³/mol. The topological polar surface area (TPSA) is 46.9 Å². The first kappa shape index (κ1) is 30.8. The number of fused-ring (bicyclic) bond motifs is 3. The summed E-state index contributed by atoms with van der Waals surface area (Å²) in [5.41, 5.74) is 7.30. The Morgan fingerprint density at radius 1 is 0.533 bits per heavy atom. The lowest BCUT2D eigenvalue weighted by atomic mass is 10.0. The predicted octanol–water partition coefficient (Wildman–Crippen LogP) is 9.75. The Labute approximate surface area is 265 Å². The highest BCUT2D eigenvalue weighted by Crippen LogP contribution is 2.49. The van der Waals surface area contributed by atoms with Crippen molar-refractivity contribution in [3.05, 3.63) is 207 Å². The summed E-state index contributed by atoms with van der Waals surface area (Å²) in [6, 6.07) is 31.3. The van der Waals surface area contributed by atoms with Crippen molar-refractivity contribution in [1.29, 1.82) is 0 Å². The maximum Gasteiger partial charge on any atom is 0.218 e. The van der Waals surface area contributed by atoms with E-state index in [1.54, 1.807) is 24.3 Å². The van der Waals surface area contributed by atoms with E-state index < -0.39 is 5.79 Å². The van der Waals surface area contributed by atoms with Crippen LogP contribution in [0.1, 0.15) is 11.1 Å². The minimum atomic E-state index is -2.23. The summed E-state index contributed by atoms with van der Waals surface area (Å²) >= 11 is 0. The van der Waals surface area contributed by atoms with Gasteiger partial charge in [-0.05, 0) is 84.0 Å². The second-order valence-corrected chi connectivity index (χ2v) is 10.3. The van der Waals surface area contributed by atoms with Gasteiger partial charge < -0.3 is 20.0 Å². The quantitative estimate of drug-likeness (QED) is 0.128. The highest BCUT2D eigenvalue weighted by Gasteiger charge is 2.41. The lowest BCUT2D eigenvalue weighted by molar-refractivity contribution is -0.128. The van der Waals surface area contributed by atoms with Crippen LogP contribution in [-0.2, 0) is 5.79 Å². The van der Waals surface area contributed by atoms with Crippen molar-refractivity contribution < 1.29 is 10.2 Å². The van der Waals surface area contributed by atoms with Gasteiger partial charge in [-0.25, -0.2) is 0 Å². The van der Waals surface area contributed by atoms with Gasteiger partial charge in [0.25, 0.3) is 0 Å². The fourth-order valence-corrected chi connectivity index (χ4v) is 5.54. The van der Waals surface area contributed by atoms with E-state index in [1.807, 2.05) is 143 Å². The molecule has 4 aromatic carbocycles. The van der Waals surface area contributed by atoms with E-state index in [9.17, 15) is 10.2 Å². The van der Waals surface area contributed by atoms with Gasteiger partial charge in [0, 0.05) is 45.3 Å². The Bertz CT molecular complexity index is 1840. The molecule has 0 bridgehead atoms. The number of benzene rings is 4. The van der Waals surface area contributed by atoms with Gasteiger partial charge in [0.15, 0.2) is 0 Å². The third kappa shape index (κ3) is 6.20. The number of nitrogens with zero attached hydrogens (tertiary/aromatic N) is 2. The molecule has 0 fully saturated rings. The molecule has 222 valence electrons. The van der Waals surface area contributed by atoms with E-state index in [0.29, 0.717) is 11.1 Å². The average molecular weight is 589 g/mol. The number of rotatable bonds is 12. The van der Waals surface area contributed by atoms with Crippen molar-refractivity contribution in [3.8, 4) is 11.1 Å². The maximum atomic E-state index is 11.8. The molecule has 0 heterocycles. The van der Waals surface area contributed by atoms with E-state index in [0.717, 1.165) is 45.3 Å². The van der Waals surface area contributed by atoms with Gasteiger partial charge in [-0.3, -0.25) is 0 Å². The lowest BCUT2D eigenvalue weighted by Crippen LogP contribution is -2.25. The van der Waals surface area contributed by atoms with Crippen LogP contribution in [0.2, 0.25) is 0 Å². The Hall–Kier alpha value is -5.68. The van der Waals surface area contributed by atoms with Crippen LogP contribution < -0.4 is 9.80 Å². The number of hydrogen-bond donors (Lipinski definition) is 2. The average Bonchev–Trinajstić information content (AvgIpc) is 3.29. The zero-order chi connectivity index (χ0) is 31.8. The molecule has 4 aromatic rings. The highest BCUT2D eigenvalue weighted by molar-refractivity contribution is 5.85. The van der Waals surface area contributed by atoms with E-state index in [4.69, 9.17) is 0 Å². The van der Waals surface area contributed by atoms with Crippen molar-refractivity contribution in [3.63, 3.8) is 0 Å². The molecule has 0 spiro atoms. The van der Waals surface area contributed by atoms with Crippen LogP contribution in [0.25, 0.3) is 11.1 Å². The zero-order valence-electron chi connectivity index (χ0n) is 25.1. The van der Waals surface area contributed by atoms with Gasteiger partial charge in [0.1, 0.15) is 0 Å². The fraction of sp³-hybridized carbons (Fsp3) is 0.0244. The third-order valence-corrected chi connectivity index (χ3v) is 7.52. The summed E-state index contributed by atoms with van der Waals surface area (Å²) in [6.45, 7) is 15.5. The second kappa shape index (κ2) is 13.7. The molecule has 0 amide bonds. The van der Waals surface area contributed by atoms with Crippen LogP contribution in [0, 0.1) is 0 Å². The largest absolute Gasteiger partial charge is 0.358 e. The van der Waals surface area contributed by atoms with Crippen LogP contribution in [0.3, 0.4) is 0 Å². The molecule has 0 unspecified atom stereocenters. The van der Waals surface area contributed by atoms with Crippen LogP contribution >= 0.6 is 0 Å². The zero-order valence-corrected chi connectivity index (χ0v) is 25.1. The van der Waals surface area contributed by atoms with Crippen molar-refractivity contribution in [1.82, 2.24) is 0 Å². The molecule has 45 heavy (non-hydrogen) atoms. The summed E-state index contributed by atoms with van der Waals surface area (Å²) in [6.07, 6.45) is 18.3. The lowest BCUT2D eigenvalue weighted by Gasteiger charge is -2.28. The highest BCUT2D eigenvalue weighted by atomic mass is 16.5. The Balaban J connectivity index is 1.64. The molecule has 0 saturated heterocycles. The van der Waals surface area contributed by atoms with Crippen molar-refractivity contribution in [2.45, 2.75) is 5.79 Å². The molecule has 4 heteroatoms. The fourth-order valence-electron chi connectivity index (χ4n) is 5.54. The third-order valence-electron chi connectivity index (χ3n) is 7.52. The van der Waals surface area contributed by atoms with E-state index in [1.165, 1.54) is 0 Å². The molecule has 2 N–H and O–H groups in total. The molecule has 0 aromatic heterocycles. The Morgan fingerprint density at radius 2 is 1.04 bits per heavy atom. The number of aliphatic hydroxyl groups is 2. The SMILES string of the molecule is C=C/C=C\C=C(/C=C)N(c1ccccc1)c1ccc2c(c1)C(O)(O)c1cc(N(C(/C=C\C=C)=C/C=C)c3ccccc3)ccc1-2. The van der Waals surface area contributed by atoms with Gasteiger partial charge in [-0.1, -0.05) is 111 Å². The first-order valence-corrected chi connectivity index (χ1v) is 14.6. The second-order valence-electron chi connectivity index (χ2n) is 10.3. The molecule has 1 aliphatic rings. The number of anilines is 4.